The highest BCUT2D eigenvalue weighted by Gasteiger charge is 2.20. The molecule has 6 nitrogen and oxygen atoms in total. The van der Waals surface area contributed by atoms with Crippen molar-refractivity contribution in [2.45, 2.75) is 39.3 Å². The second-order valence-corrected chi connectivity index (χ2v) is 7.51. The lowest BCUT2D eigenvalue weighted by Gasteiger charge is -2.19. The summed E-state index contributed by atoms with van der Waals surface area (Å²) in [5.74, 6) is -0.170. The molecule has 1 aromatic carbocycles. The van der Waals surface area contributed by atoms with Gasteiger partial charge in [0, 0.05) is 23.7 Å². The molecule has 152 valence electrons. The van der Waals surface area contributed by atoms with Gasteiger partial charge < -0.3 is 11.1 Å². The fraction of sp³-hybridized carbons (Fsp3) is 0.350. The molecule has 0 radical (unpaired) electrons. The first-order chi connectivity index (χ1) is 12.3. The smallest absolute Gasteiger partial charge is 0.252 e. The van der Waals surface area contributed by atoms with Crippen molar-refractivity contribution in [2.75, 3.05) is 6.54 Å². The number of carbonyl (C=O) groups excluding carboxylic acids is 1. The van der Waals surface area contributed by atoms with Crippen molar-refractivity contribution < 1.29 is 4.79 Å². The lowest BCUT2D eigenvalue weighted by molar-refractivity contribution is 0.0947. The number of hydrogen-bond acceptors (Lipinski definition) is 4. The number of nitrogens with two attached hydrogens (primary N) is 1. The van der Waals surface area contributed by atoms with Crippen LogP contribution in [0.25, 0.3) is 22.3 Å². The quantitative estimate of drug-likeness (QED) is 0.649. The minimum absolute atomic E-state index is 0. The Bertz CT molecular complexity index is 933. The third-order valence-electron chi connectivity index (χ3n) is 4.07. The number of benzene rings is 1. The predicted octanol–water partition coefficient (Wildman–Crippen LogP) is 3.99. The van der Waals surface area contributed by atoms with E-state index in [9.17, 15) is 4.79 Å². The van der Waals surface area contributed by atoms with E-state index in [0.29, 0.717) is 17.8 Å². The fourth-order valence-corrected chi connectivity index (χ4v) is 2.74. The molecule has 0 fully saturated rings. The third-order valence-corrected chi connectivity index (χ3v) is 4.07. The molecule has 0 aliphatic rings. The number of hydrogen-bond donors (Lipinski definition) is 2. The minimum atomic E-state index is -0.480. The number of rotatable bonds is 5. The molecule has 0 bridgehead atoms. The van der Waals surface area contributed by atoms with Gasteiger partial charge in [-0.15, -0.1) is 24.8 Å². The van der Waals surface area contributed by atoms with Crippen molar-refractivity contribution in [3.05, 3.63) is 48.2 Å². The molecule has 0 atom stereocenters. The van der Waals surface area contributed by atoms with Crippen LogP contribution in [0.2, 0.25) is 0 Å². The first-order valence-electron chi connectivity index (χ1n) is 8.77. The highest BCUT2D eigenvalue weighted by atomic mass is 35.5. The first kappa shape index (κ1) is 23.9. The van der Waals surface area contributed by atoms with Crippen molar-refractivity contribution >= 4 is 41.8 Å². The highest BCUT2D eigenvalue weighted by molar-refractivity contribution is 6.06. The predicted molar refractivity (Wildman–Crippen MR) is 118 cm³/mol. The molecule has 0 saturated heterocycles. The van der Waals surface area contributed by atoms with E-state index in [1.54, 1.807) is 6.20 Å². The summed E-state index contributed by atoms with van der Waals surface area (Å²) in [5.41, 5.74) is 8.49. The summed E-state index contributed by atoms with van der Waals surface area (Å²) in [4.78, 5) is 17.6. The van der Waals surface area contributed by atoms with Gasteiger partial charge in [0.15, 0.2) is 5.65 Å². The van der Waals surface area contributed by atoms with E-state index in [0.717, 1.165) is 16.6 Å². The summed E-state index contributed by atoms with van der Waals surface area (Å²) in [6.07, 6.45) is 1.71. The minimum Gasteiger partial charge on any atom is -0.350 e. The molecule has 28 heavy (non-hydrogen) atoms. The van der Waals surface area contributed by atoms with E-state index >= 15 is 0 Å². The molecule has 3 rings (SSSR count). The Kier molecular flexibility index (Phi) is 7.99. The Labute approximate surface area is 177 Å². The van der Waals surface area contributed by atoms with Gasteiger partial charge in [-0.25, -0.2) is 9.67 Å². The Morgan fingerprint density at radius 1 is 1.21 bits per heavy atom. The van der Waals surface area contributed by atoms with Gasteiger partial charge in [0.05, 0.1) is 22.8 Å². The zero-order chi connectivity index (χ0) is 18.9. The van der Waals surface area contributed by atoms with Crippen LogP contribution in [-0.4, -0.2) is 32.8 Å². The number of nitrogens with one attached hydrogen (secondary N) is 1. The van der Waals surface area contributed by atoms with E-state index in [2.05, 4.69) is 10.4 Å². The van der Waals surface area contributed by atoms with Gasteiger partial charge >= 0.3 is 0 Å². The van der Waals surface area contributed by atoms with Crippen LogP contribution in [0, 0.1) is 0 Å². The number of aromatic nitrogens is 3. The highest BCUT2D eigenvalue weighted by Crippen LogP contribution is 2.26. The topological polar surface area (TPSA) is 85.8 Å². The molecule has 0 saturated carbocycles. The monoisotopic (exact) mass is 423 g/mol. The standard InChI is InChI=1S/C20H25N5O.2ClH/c1-13(2)25-18-16(11-23-25)15(19(26)22-12-20(3,4)21)10-17(24-18)14-8-6-5-7-9-14;;/h5-11,13H,12,21H2,1-4H3,(H,22,26);2*1H. The Morgan fingerprint density at radius 2 is 1.86 bits per heavy atom. The molecule has 3 aromatic rings. The van der Waals surface area contributed by atoms with Crippen molar-refractivity contribution in [1.29, 1.82) is 0 Å². The molecular weight excluding hydrogens is 397 g/mol. The molecular formula is C20H27Cl2N5O. The van der Waals surface area contributed by atoms with Gasteiger partial charge in [-0.3, -0.25) is 4.79 Å². The van der Waals surface area contributed by atoms with E-state index in [-0.39, 0.29) is 36.8 Å². The van der Waals surface area contributed by atoms with Crippen LogP contribution < -0.4 is 11.1 Å². The fourth-order valence-electron chi connectivity index (χ4n) is 2.74. The lowest BCUT2D eigenvalue weighted by Crippen LogP contribution is -2.45. The molecule has 1 amide bonds. The maximum absolute atomic E-state index is 12.8. The van der Waals surface area contributed by atoms with Gasteiger partial charge in [0.25, 0.3) is 5.91 Å². The Hall–Kier alpha value is -2.15. The van der Waals surface area contributed by atoms with Gasteiger partial charge in [0.1, 0.15) is 0 Å². The summed E-state index contributed by atoms with van der Waals surface area (Å²) >= 11 is 0. The second kappa shape index (κ2) is 9.37. The Morgan fingerprint density at radius 3 is 2.43 bits per heavy atom. The van der Waals surface area contributed by atoms with E-state index < -0.39 is 5.54 Å². The average Bonchev–Trinajstić information content (AvgIpc) is 3.03. The molecule has 0 unspecified atom stereocenters. The summed E-state index contributed by atoms with van der Waals surface area (Å²) in [6.45, 7) is 8.22. The van der Waals surface area contributed by atoms with Crippen molar-refractivity contribution in [2.24, 2.45) is 5.73 Å². The van der Waals surface area contributed by atoms with Crippen molar-refractivity contribution in [1.82, 2.24) is 20.1 Å². The zero-order valence-corrected chi connectivity index (χ0v) is 18.1. The maximum atomic E-state index is 12.8. The van der Waals surface area contributed by atoms with Crippen LogP contribution in [-0.2, 0) is 0 Å². The summed E-state index contributed by atoms with van der Waals surface area (Å²) in [7, 11) is 0. The number of fused-ring (bicyclic) bond motifs is 1. The van der Waals surface area contributed by atoms with Crippen LogP contribution in [0.3, 0.4) is 0 Å². The Balaban J connectivity index is 0.00000196. The van der Waals surface area contributed by atoms with Gasteiger partial charge in [-0.1, -0.05) is 30.3 Å². The average molecular weight is 424 g/mol. The number of carbonyl (C=O) groups is 1. The van der Waals surface area contributed by atoms with Crippen LogP contribution in [0.15, 0.2) is 42.6 Å². The molecule has 0 aliphatic heterocycles. The SMILES string of the molecule is CC(C)n1ncc2c(C(=O)NCC(C)(C)N)cc(-c3ccccc3)nc21.Cl.Cl. The van der Waals surface area contributed by atoms with Crippen molar-refractivity contribution in [3.8, 4) is 11.3 Å². The van der Waals surface area contributed by atoms with E-state index in [4.69, 9.17) is 10.7 Å². The maximum Gasteiger partial charge on any atom is 0.252 e. The lowest BCUT2D eigenvalue weighted by atomic mass is 10.0. The normalized spacial score (nSPS) is 11.1. The molecule has 8 heteroatoms. The summed E-state index contributed by atoms with van der Waals surface area (Å²) < 4.78 is 1.84. The number of pyridine rings is 1. The van der Waals surface area contributed by atoms with E-state index in [1.165, 1.54) is 0 Å². The molecule has 0 aliphatic carbocycles. The van der Waals surface area contributed by atoms with Gasteiger partial charge in [-0.2, -0.15) is 5.10 Å². The number of nitrogens with zero attached hydrogens (tertiary/aromatic N) is 3. The third kappa shape index (κ3) is 5.22. The molecule has 3 N–H and O–H groups in total. The van der Waals surface area contributed by atoms with Crippen LogP contribution >= 0.6 is 24.8 Å². The summed E-state index contributed by atoms with van der Waals surface area (Å²) in [6, 6.07) is 11.8. The van der Waals surface area contributed by atoms with Gasteiger partial charge in [-0.05, 0) is 33.8 Å². The van der Waals surface area contributed by atoms with E-state index in [1.807, 2.05) is 68.8 Å². The largest absolute Gasteiger partial charge is 0.350 e. The first-order valence-corrected chi connectivity index (χ1v) is 8.77. The van der Waals surface area contributed by atoms with Crippen LogP contribution in [0.1, 0.15) is 44.1 Å². The number of amides is 1. The van der Waals surface area contributed by atoms with Crippen LogP contribution in [0.4, 0.5) is 0 Å². The number of halogens is 2. The van der Waals surface area contributed by atoms with Gasteiger partial charge in [0.2, 0.25) is 0 Å². The molecule has 2 heterocycles. The van der Waals surface area contributed by atoms with Crippen LogP contribution in [0.5, 0.6) is 0 Å². The van der Waals surface area contributed by atoms with Crippen molar-refractivity contribution in [3.63, 3.8) is 0 Å². The molecule has 0 spiro atoms. The summed E-state index contributed by atoms with van der Waals surface area (Å²) in [5, 5.41) is 8.09. The zero-order valence-electron chi connectivity index (χ0n) is 16.5. The second-order valence-electron chi connectivity index (χ2n) is 7.51. The molecule has 2 aromatic heterocycles.